The molecule has 90 valence electrons. The first-order valence-corrected chi connectivity index (χ1v) is 6.44. The number of aromatic nitrogens is 2. The van der Waals surface area contributed by atoms with E-state index >= 15 is 0 Å². The van der Waals surface area contributed by atoms with E-state index < -0.39 is 0 Å². The first kappa shape index (κ1) is 11.6. The number of aliphatic hydroxyl groups is 1. The van der Waals surface area contributed by atoms with Gasteiger partial charge >= 0.3 is 0 Å². The standard InChI is InChI=1S/C13H22N2O/c1-3-15-12(9-10(2)14-15)13(16)11-7-5-4-6-8-11/h9,11,13,16H,3-8H2,1-2H3. The van der Waals surface area contributed by atoms with Crippen molar-refractivity contribution >= 4 is 0 Å². The number of hydrogen-bond donors (Lipinski definition) is 1. The Morgan fingerprint density at radius 1 is 1.44 bits per heavy atom. The maximum absolute atomic E-state index is 10.4. The average molecular weight is 222 g/mol. The highest BCUT2D eigenvalue weighted by molar-refractivity contribution is 5.12. The van der Waals surface area contributed by atoms with Gasteiger partial charge in [-0.1, -0.05) is 19.3 Å². The van der Waals surface area contributed by atoms with Crippen LogP contribution in [0.25, 0.3) is 0 Å². The minimum Gasteiger partial charge on any atom is -0.387 e. The van der Waals surface area contributed by atoms with E-state index in [2.05, 4.69) is 12.0 Å². The molecule has 1 aromatic rings. The van der Waals surface area contributed by atoms with Crippen molar-refractivity contribution < 1.29 is 5.11 Å². The zero-order valence-corrected chi connectivity index (χ0v) is 10.3. The van der Waals surface area contributed by atoms with Crippen LogP contribution < -0.4 is 0 Å². The lowest BCUT2D eigenvalue weighted by Crippen LogP contribution is -2.19. The Bertz CT molecular complexity index is 340. The van der Waals surface area contributed by atoms with Crippen molar-refractivity contribution in [3.05, 3.63) is 17.5 Å². The third kappa shape index (κ3) is 2.29. The van der Waals surface area contributed by atoms with E-state index in [0.29, 0.717) is 5.92 Å². The molecule has 1 aliphatic carbocycles. The Morgan fingerprint density at radius 2 is 2.12 bits per heavy atom. The fourth-order valence-electron chi connectivity index (χ4n) is 2.75. The molecule has 16 heavy (non-hydrogen) atoms. The molecule has 1 atom stereocenters. The Hall–Kier alpha value is -0.830. The van der Waals surface area contributed by atoms with Crippen LogP contribution in [-0.4, -0.2) is 14.9 Å². The van der Waals surface area contributed by atoms with E-state index in [4.69, 9.17) is 0 Å². The van der Waals surface area contributed by atoms with Crippen LogP contribution >= 0.6 is 0 Å². The Balaban J connectivity index is 2.14. The summed E-state index contributed by atoms with van der Waals surface area (Å²) in [4.78, 5) is 0. The third-order valence-corrected chi connectivity index (χ3v) is 3.63. The lowest BCUT2D eigenvalue weighted by Gasteiger charge is -2.26. The van der Waals surface area contributed by atoms with E-state index in [0.717, 1.165) is 30.8 Å². The molecule has 3 heteroatoms. The number of hydrogen-bond acceptors (Lipinski definition) is 2. The molecule has 0 amide bonds. The monoisotopic (exact) mass is 222 g/mol. The summed E-state index contributed by atoms with van der Waals surface area (Å²) in [7, 11) is 0. The van der Waals surface area contributed by atoms with E-state index in [-0.39, 0.29) is 6.10 Å². The van der Waals surface area contributed by atoms with E-state index in [1.807, 2.05) is 17.7 Å². The number of rotatable bonds is 3. The molecule has 0 bridgehead atoms. The highest BCUT2D eigenvalue weighted by atomic mass is 16.3. The summed E-state index contributed by atoms with van der Waals surface area (Å²) < 4.78 is 1.94. The molecule has 1 unspecified atom stereocenters. The maximum atomic E-state index is 10.4. The van der Waals surface area contributed by atoms with E-state index in [1.54, 1.807) is 0 Å². The van der Waals surface area contributed by atoms with Crippen molar-refractivity contribution in [3.63, 3.8) is 0 Å². The van der Waals surface area contributed by atoms with Crippen LogP contribution in [0, 0.1) is 12.8 Å². The number of aliphatic hydroxyl groups excluding tert-OH is 1. The summed E-state index contributed by atoms with van der Waals surface area (Å²) in [5, 5.41) is 14.8. The highest BCUT2D eigenvalue weighted by Gasteiger charge is 2.25. The van der Waals surface area contributed by atoms with Gasteiger partial charge in [0.1, 0.15) is 0 Å². The molecule has 1 aliphatic rings. The minimum atomic E-state index is -0.318. The van der Waals surface area contributed by atoms with Crippen LogP contribution in [0.1, 0.15) is 56.5 Å². The minimum absolute atomic E-state index is 0.318. The van der Waals surface area contributed by atoms with Crippen molar-refractivity contribution in [2.24, 2.45) is 5.92 Å². The summed E-state index contributed by atoms with van der Waals surface area (Å²) in [6.07, 6.45) is 5.86. The predicted molar refractivity (Wildman–Crippen MR) is 64.2 cm³/mol. The summed E-state index contributed by atoms with van der Waals surface area (Å²) >= 11 is 0. The lowest BCUT2D eigenvalue weighted by atomic mass is 9.84. The Kier molecular flexibility index (Phi) is 3.64. The van der Waals surface area contributed by atoms with Crippen LogP contribution in [-0.2, 0) is 6.54 Å². The van der Waals surface area contributed by atoms with Gasteiger partial charge in [0.15, 0.2) is 0 Å². The van der Waals surface area contributed by atoms with Crippen molar-refractivity contribution in [1.82, 2.24) is 9.78 Å². The van der Waals surface area contributed by atoms with Gasteiger partial charge in [0, 0.05) is 6.54 Å². The molecule has 1 heterocycles. The van der Waals surface area contributed by atoms with Gasteiger partial charge in [-0.2, -0.15) is 5.10 Å². The fourth-order valence-corrected chi connectivity index (χ4v) is 2.75. The van der Waals surface area contributed by atoms with Crippen LogP contribution in [0.2, 0.25) is 0 Å². The average Bonchev–Trinajstić information content (AvgIpc) is 2.70. The van der Waals surface area contributed by atoms with Gasteiger partial charge in [-0.25, -0.2) is 0 Å². The summed E-state index contributed by atoms with van der Waals surface area (Å²) in [6.45, 7) is 4.90. The SMILES string of the molecule is CCn1nc(C)cc1C(O)C1CCCCC1. The maximum Gasteiger partial charge on any atom is 0.0984 e. The summed E-state index contributed by atoms with van der Waals surface area (Å²) in [5.74, 6) is 0.440. The molecule has 1 fully saturated rings. The third-order valence-electron chi connectivity index (χ3n) is 3.63. The van der Waals surface area contributed by atoms with Gasteiger partial charge in [-0.3, -0.25) is 4.68 Å². The first-order chi connectivity index (χ1) is 7.72. The highest BCUT2D eigenvalue weighted by Crippen LogP contribution is 2.34. The van der Waals surface area contributed by atoms with Crippen molar-refractivity contribution in [3.8, 4) is 0 Å². The molecule has 0 radical (unpaired) electrons. The number of nitrogens with zero attached hydrogens (tertiary/aromatic N) is 2. The number of aryl methyl sites for hydroxylation is 2. The lowest BCUT2D eigenvalue weighted by molar-refractivity contribution is 0.0769. The van der Waals surface area contributed by atoms with Gasteiger partial charge in [0.05, 0.1) is 17.5 Å². The van der Waals surface area contributed by atoms with Crippen LogP contribution in [0.15, 0.2) is 6.07 Å². The van der Waals surface area contributed by atoms with E-state index in [1.165, 1.54) is 19.3 Å². The molecule has 3 nitrogen and oxygen atoms in total. The molecule has 1 N–H and O–H groups in total. The van der Waals surface area contributed by atoms with Crippen LogP contribution in [0.5, 0.6) is 0 Å². The first-order valence-electron chi connectivity index (χ1n) is 6.44. The molecule has 1 aromatic heterocycles. The second kappa shape index (κ2) is 5.00. The second-order valence-corrected chi connectivity index (χ2v) is 4.87. The molecular formula is C13H22N2O. The van der Waals surface area contributed by atoms with Crippen LogP contribution in [0.4, 0.5) is 0 Å². The fraction of sp³-hybridized carbons (Fsp3) is 0.769. The molecular weight excluding hydrogens is 200 g/mol. The summed E-state index contributed by atoms with van der Waals surface area (Å²) in [6, 6.07) is 2.03. The molecule has 2 rings (SSSR count). The quantitative estimate of drug-likeness (QED) is 0.854. The van der Waals surface area contributed by atoms with Gasteiger partial charge in [-0.15, -0.1) is 0 Å². The van der Waals surface area contributed by atoms with Gasteiger partial charge in [-0.05, 0) is 38.7 Å². The predicted octanol–water partition coefficient (Wildman–Crippen LogP) is 2.83. The van der Waals surface area contributed by atoms with Crippen molar-refractivity contribution in [1.29, 1.82) is 0 Å². The Morgan fingerprint density at radius 3 is 2.75 bits per heavy atom. The topological polar surface area (TPSA) is 38.0 Å². The normalized spacial score (nSPS) is 19.9. The summed E-state index contributed by atoms with van der Waals surface area (Å²) in [5.41, 5.74) is 2.01. The zero-order valence-electron chi connectivity index (χ0n) is 10.3. The smallest absolute Gasteiger partial charge is 0.0984 e. The molecule has 0 aliphatic heterocycles. The van der Waals surface area contributed by atoms with E-state index in [9.17, 15) is 5.11 Å². The van der Waals surface area contributed by atoms with Crippen LogP contribution in [0.3, 0.4) is 0 Å². The molecule has 1 saturated carbocycles. The largest absolute Gasteiger partial charge is 0.387 e. The second-order valence-electron chi connectivity index (χ2n) is 4.87. The Labute approximate surface area is 97.5 Å². The molecule has 0 saturated heterocycles. The zero-order chi connectivity index (χ0) is 11.5. The van der Waals surface area contributed by atoms with Gasteiger partial charge in [0.2, 0.25) is 0 Å². The van der Waals surface area contributed by atoms with Gasteiger partial charge in [0.25, 0.3) is 0 Å². The molecule has 0 spiro atoms. The van der Waals surface area contributed by atoms with Crippen molar-refractivity contribution in [2.45, 2.75) is 58.6 Å². The van der Waals surface area contributed by atoms with Crippen molar-refractivity contribution in [2.75, 3.05) is 0 Å². The molecule has 0 aromatic carbocycles. The van der Waals surface area contributed by atoms with Gasteiger partial charge < -0.3 is 5.11 Å².